The van der Waals surface area contributed by atoms with Crippen LogP contribution in [-0.4, -0.2) is 53.7 Å². The Morgan fingerprint density at radius 1 is 1.40 bits per heavy atom. The van der Waals surface area contributed by atoms with Gasteiger partial charge in [-0.25, -0.2) is 4.98 Å². The zero-order chi connectivity index (χ0) is 17.6. The molecule has 0 amide bonds. The van der Waals surface area contributed by atoms with E-state index in [1.54, 1.807) is 6.20 Å². The molecule has 1 aliphatic rings. The van der Waals surface area contributed by atoms with Gasteiger partial charge in [0.05, 0.1) is 19.5 Å². The number of guanidine groups is 1. The van der Waals surface area contributed by atoms with Gasteiger partial charge in [-0.2, -0.15) is 0 Å². The number of ether oxygens (including phenoxy) is 1. The summed E-state index contributed by atoms with van der Waals surface area (Å²) in [6.45, 7) is 8.33. The maximum absolute atomic E-state index is 6.04. The van der Waals surface area contributed by atoms with Crippen molar-refractivity contribution < 1.29 is 4.74 Å². The lowest BCUT2D eigenvalue weighted by atomic mass is 10.00. The zero-order valence-corrected chi connectivity index (χ0v) is 15.3. The van der Waals surface area contributed by atoms with E-state index >= 15 is 0 Å². The molecule has 6 heteroatoms. The lowest BCUT2D eigenvalue weighted by molar-refractivity contribution is -0.00832. The summed E-state index contributed by atoms with van der Waals surface area (Å²) < 4.78 is 8.09. The number of rotatable bonds is 4. The summed E-state index contributed by atoms with van der Waals surface area (Å²) in [4.78, 5) is 10.8. The number of aliphatic imine (C=N–C) groups is 1. The van der Waals surface area contributed by atoms with E-state index in [4.69, 9.17) is 4.74 Å². The van der Waals surface area contributed by atoms with Crippen LogP contribution in [0.1, 0.15) is 22.8 Å². The highest BCUT2D eigenvalue weighted by Gasteiger charge is 2.25. The first-order valence-electron chi connectivity index (χ1n) is 8.77. The fourth-order valence-electron chi connectivity index (χ4n) is 3.26. The summed E-state index contributed by atoms with van der Waals surface area (Å²) in [6, 6.07) is 6.56. The van der Waals surface area contributed by atoms with E-state index < -0.39 is 0 Å². The molecule has 6 nitrogen and oxygen atoms in total. The average molecular weight is 341 g/mol. The van der Waals surface area contributed by atoms with Crippen molar-refractivity contribution >= 4 is 5.96 Å². The van der Waals surface area contributed by atoms with Crippen LogP contribution >= 0.6 is 0 Å². The van der Waals surface area contributed by atoms with Crippen LogP contribution in [0.4, 0.5) is 0 Å². The molecule has 0 saturated carbocycles. The summed E-state index contributed by atoms with van der Waals surface area (Å²) in [5.74, 6) is 0.929. The van der Waals surface area contributed by atoms with Crippen molar-refractivity contribution in [2.75, 3.05) is 33.3 Å². The largest absolute Gasteiger partial charge is 0.370 e. The number of hydrogen-bond acceptors (Lipinski definition) is 3. The molecule has 1 aromatic heterocycles. The Bertz CT molecular complexity index is 711. The van der Waals surface area contributed by atoms with E-state index in [2.05, 4.69) is 56.8 Å². The third-order valence-electron chi connectivity index (χ3n) is 4.56. The van der Waals surface area contributed by atoms with Gasteiger partial charge >= 0.3 is 0 Å². The standard InChI is InChI=1S/C19H27N5O/c1-15-4-5-17(16(2)12-15)18-13-24(10-11-25-18)19(20-3)22-7-9-23-8-6-21-14-23/h4-6,8,12,14,18H,7,9-11,13H2,1-3H3,(H,20,22). The van der Waals surface area contributed by atoms with Crippen LogP contribution in [-0.2, 0) is 11.3 Å². The fraction of sp³-hybridized carbons (Fsp3) is 0.474. The van der Waals surface area contributed by atoms with Gasteiger partial charge in [-0.05, 0) is 25.0 Å². The van der Waals surface area contributed by atoms with Crippen molar-refractivity contribution in [1.82, 2.24) is 19.8 Å². The predicted octanol–water partition coefficient (Wildman–Crippen LogP) is 2.15. The molecule has 1 unspecified atom stereocenters. The monoisotopic (exact) mass is 341 g/mol. The van der Waals surface area contributed by atoms with Gasteiger partial charge < -0.3 is 19.5 Å². The van der Waals surface area contributed by atoms with E-state index in [0.29, 0.717) is 6.61 Å². The molecule has 0 aliphatic carbocycles. The molecule has 1 aromatic carbocycles. The van der Waals surface area contributed by atoms with Crippen molar-refractivity contribution in [3.63, 3.8) is 0 Å². The highest BCUT2D eigenvalue weighted by Crippen LogP contribution is 2.25. The zero-order valence-electron chi connectivity index (χ0n) is 15.3. The lowest BCUT2D eigenvalue weighted by Gasteiger charge is -2.35. The summed E-state index contributed by atoms with van der Waals surface area (Å²) in [6.07, 6.45) is 5.68. The van der Waals surface area contributed by atoms with E-state index in [9.17, 15) is 0 Å². The van der Waals surface area contributed by atoms with Gasteiger partial charge in [0.15, 0.2) is 5.96 Å². The molecule has 25 heavy (non-hydrogen) atoms. The van der Waals surface area contributed by atoms with Crippen LogP contribution in [0.2, 0.25) is 0 Å². The summed E-state index contributed by atoms with van der Waals surface area (Å²) in [7, 11) is 1.83. The second kappa shape index (κ2) is 8.16. The van der Waals surface area contributed by atoms with E-state index in [1.165, 1.54) is 16.7 Å². The van der Waals surface area contributed by atoms with Gasteiger partial charge in [-0.1, -0.05) is 23.8 Å². The minimum absolute atomic E-state index is 0.0848. The number of nitrogens with one attached hydrogen (secondary N) is 1. The normalized spacial score (nSPS) is 18.4. The Kier molecular flexibility index (Phi) is 5.71. The van der Waals surface area contributed by atoms with E-state index in [0.717, 1.165) is 32.1 Å². The fourth-order valence-corrected chi connectivity index (χ4v) is 3.26. The van der Waals surface area contributed by atoms with Gasteiger partial charge in [0, 0.05) is 39.1 Å². The maximum Gasteiger partial charge on any atom is 0.193 e. The van der Waals surface area contributed by atoms with Crippen molar-refractivity contribution in [3.8, 4) is 0 Å². The molecular weight excluding hydrogens is 314 g/mol. The quantitative estimate of drug-likeness (QED) is 0.684. The Labute approximate surface area is 149 Å². The minimum Gasteiger partial charge on any atom is -0.370 e. The first kappa shape index (κ1) is 17.5. The highest BCUT2D eigenvalue weighted by molar-refractivity contribution is 5.80. The first-order chi connectivity index (χ1) is 12.2. The van der Waals surface area contributed by atoms with Crippen molar-refractivity contribution in [2.45, 2.75) is 26.5 Å². The first-order valence-corrected chi connectivity index (χ1v) is 8.77. The van der Waals surface area contributed by atoms with Crippen LogP contribution in [0.25, 0.3) is 0 Å². The molecule has 1 saturated heterocycles. The van der Waals surface area contributed by atoms with Crippen LogP contribution in [0.3, 0.4) is 0 Å². The van der Waals surface area contributed by atoms with Crippen molar-refractivity contribution in [3.05, 3.63) is 53.6 Å². The number of imidazole rings is 1. The molecule has 1 fully saturated rings. The van der Waals surface area contributed by atoms with Crippen LogP contribution in [0.5, 0.6) is 0 Å². The molecule has 2 heterocycles. The molecule has 0 radical (unpaired) electrons. The van der Waals surface area contributed by atoms with Gasteiger partial charge in [-0.3, -0.25) is 4.99 Å². The third kappa shape index (κ3) is 4.39. The summed E-state index contributed by atoms with van der Waals surface area (Å²) in [5, 5.41) is 3.44. The SMILES string of the molecule is CN=C(NCCn1ccnc1)N1CCOC(c2ccc(C)cc2C)C1. The Morgan fingerprint density at radius 2 is 2.28 bits per heavy atom. The molecule has 2 aromatic rings. The van der Waals surface area contributed by atoms with Gasteiger partial charge in [0.2, 0.25) is 0 Å². The predicted molar refractivity (Wildman–Crippen MR) is 99.8 cm³/mol. The van der Waals surface area contributed by atoms with Gasteiger partial charge in [-0.15, -0.1) is 0 Å². The number of aromatic nitrogens is 2. The lowest BCUT2D eigenvalue weighted by Crippen LogP contribution is -2.48. The topological polar surface area (TPSA) is 54.7 Å². The van der Waals surface area contributed by atoms with E-state index in [-0.39, 0.29) is 6.10 Å². The smallest absolute Gasteiger partial charge is 0.193 e. The van der Waals surface area contributed by atoms with Crippen LogP contribution < -0.4 is 5.32 Å². The molecule has 0 bridgehead atoms. The molecule has 134 valence electrons. The summed E-state index contributed by atoms with van der Waals surface area (Å²) >= 11 is 0. The number of aryl methyl sites for hydroxylation is 2. The van der Waals surface area contributed by atoms with Gasteiger partial charge in [0.1, 0.15) is 6.10 Å². The van der Waals surface area contributed by atoms with Crippen molar-refractivity contribution in [2.24, 2.45) is 4.99 Å². The maximum atomic E-state index is 6.04. The number of hydrogen-bond donors (Lipinski definition) is 1. The number of nitrogens with zero attached hydrogens (tertiary/aromatic N) is 4. The molecule has 0 spiro atoms. The summed E-state index contributed by atoms with van der Waals surface area (Å²) in [5.41, 5.74) is 3.84. The molecule has 1 N–H and O–H groups in total. The minimum atomic E-state index is 0.0848. The van der Waals surface area contributed by atoms with Crippen molar-refractivity contribution in [1.29, 1.82) is 0 Å². The molecular formula is C19H27N5O. The number of morpholine rings is 1. The van der Waals surface area contributed by atoms with Gasteiger partial charge in [0.25, 0.3) is 0 Å². The second-order valence-corrected chi connectivity index (χ2v) is 6.44. The average Bonchev–Trinajstić information content (AvgIpc) is 3.12. The Balaban J connectivity index is 1.60. The molecule has 1 aliphatic heterocycles. The second-order valence-electron chi connectivity index (χ2n) is 6.44. The Morgan fingerprint density at radius 3 is 3.00 bits per heavy atom. The Hall–Kier alpha value is -2.34. The third-order valence-corrected chi connectivity index (χ3v) is 4.56. The van der Waals surface area contributed by atoms with Crippen LogP contribution in [0.15, 0.2) is 41.9 Å². The molecule has 3 rings (SSSR count). The highest BCUT2D eigenvalue weighted by atomic mass is 16.5. The van der Waals surface area contributed by atoms with Crippen LogP contribution in [0, 0.1) is 13.8 Å². The van der Waals surface area contributed by atoms with E-state index in [1.807, 2.05) is 19.6 Å². The number of benzene rings is 1. The molecule has 1 atom stereocenters.